The Morgan fingerprint density at radius 1 is 0.547 bits per heavy atom. The lowest BCUT2D eigenvalue weighted by Gasteiger charge is -2.31. The minimum atomic E-state index is -1.59. The molecule has 278 valence electrons. The molecule has 0 spiro atoms. The molecular formula is C51H66Si2. The normalized spacial score (nSPS) is 14.4. The maximum absolute atomic E-state index is 2.61. The second kappa shape index (κ2) is 15.0. The number of benzene rings is 4. The zero-order valence-electron chi connectivity index (χ0n) is 35.2. The highest BCUT2D eigenvalue weighted by Crippen LogP contribution is 2.47. The fourth-order valence-electron chi connectivity index (χ4n) is 9.64. The first kappa shape index (κ1) is 39.2. The lowest BCUT2D eigenvalue weighted by molar-refractivity contribution is 0.588. The van der Waals surface area contributed by atoms with Crippen molar-refractivity contribution >= 4 is 37.7 Å². The Morgan fingerprint density at radius 2 is 1.08 bits per heavy atom. The van der Waals surface area contributed by atoms with Crippen LogP contribution < -0.4 is 10.4 Å². The summed E-state index contributed by atoms with van der Waals surface area (Å²) in [4.78, 5) is 0. The molecule has 0 heterocycles. The highest BCUT2D eigenvalue weighted by molar-refractivity contribution is 6.92. The monoisotopic (exact) mass is 734 g/mol. The van der Waals surface area contributed by atoms with Gasteiger partial charge in [0.1, 0.15) is 0 Å². The molecule has 0 atom stereocenters. The summed E-state index contributed by atoms with van der Waals surface area (Å²) in [7, 11) is -3.19. The number of hydrogen-bond acceptors (Lipinski definition) is 0. The quantitative estimate of drug-likeness (QED) is 0.119. The average Bonchev–Trinajstić information content (AvgIpc) is 3.77. The number of rotatable bonds is 11. The summed E-state index contributed by atoms with van der Waals surface area (Å²) in [6.45, 7) is 28.8. The van der Waals surface area contributed by atoms with Gasteiger partial charge in [0, 0.05) is 0 Å². The maximum atomic E-state index is 2.61. The van der Waals surface area contributed by atoms with E-state index in [4.69, 9.17) is 0 Å². The molecule has 0 N–H and O–H groups in total. The van der Waals surface area contributed by atoms with Gasteiger partial charge < -0.3 is 0 Å². The van der Waals surface area contributed by atoms with E-state index in [2.05, 4.69) is 180 Å². The smallest absolute Gasteiger partial charge is 0.0675 e. The minimum Gasteiger partial charge on any atom is -0.0675 e. The highest BCUT2D eigenvalue weighted by Gasteiger charge is 2.33. The van der Waals surface area contributed by atoms with Crippen LogP contribution in [-0.2, 0) is 17.3 Å². The fourth-order valence-corrected chi connectivity index (χ4v) is 16.9. The zero-order valence-corrected chi connectivity index (χ0v) is 37.2. The van der Waals surface area contributed by atoms with E-state index in [1.165, 1.54) is 103 Å². The topological polar surface area (TPSA) is 0 Å². The highest BCUT2D eigenvalue weighted by atomic mass is 28.3. The largest absolute Gasteiger partial charge is 0.0859 e. The van der Waals surface area contributed by atoms with Gasteiger partial charge in [0.05, 0.1) is 16.1 Å². The Morgan fingerprint density at radius 3 is 1.57 bits per heavy atom. The lowest BCUT2D eigenvalue weighted by atomic mass is 9.77. The van der Waals surface area contributed by atoms with E-state index in [-0.39, 0.29) is 10.8 Å². The first-order chi connectivity index (χ1) is 25.2. The molecule has 0 amide bonds. The molecule has 4 aromatic carbocycles. The molecule has 0 unspecified atom stereocenters. The SMILES string of the molecule is CC[Si](CC)(CC)c1cccc(C(=C2C=CC=C2c2cc3c(cc2C(C)(C)C)Cc2cc(C(C)(C)C)ccc2-3)c2cccc([Si](CC)(CC)CC)c2)c1. The second-order valence-electron chi connectivity index (χ2n) is 18.2. The van der Waals surface area contributed by atoms with Gasteiger partial charge in [-0.05, 0) is 90.1 Å². The summed E-state index contributed by atoms with van der Waals surface area (Å²) >= 11 is 0. The van der Waals surface area contributed by atoms with Crippen LogP contribution in [0.4, 0.5) is 0 Å². The first-order valence-corrected chi connectivity index (χ1v) is 26.1. The fraction of sp³-hybridized carbons (Fsp3) is 0.412. The molecule has 0 aromatic heterocycles. The molecule has 0 radical (unpaired) electrons. The molecule has 0 saturated carbocycles. The van der Waals surface area contributed by atoms with Crippen LogP contribution in [0.15, 0.2) is 103 Å². The van der Waals surface area contributed by atoms with E-state index in [1.54, 1.807) is 10.4 Å². The Labute approximate surface area is 325 Å². The van der Waals surface area contributed by atoms with Crippen molar-refractivity contribution in [2.75, 3.05) is 0 Å². The van der Waals surface area contributed by atoms with Gasteiger partial charge in [-0.25, -0.2) is 0 Å². The van der Waals surface area contributed by atoms with Crippen molar-refractivity contribution in [3.63, 3.8) is 0 Å². The van der Waals surface area contributed by atoms with Crippen LogP contribution in [0.5, 0.6) is 0 Å². The van der Waals surface area contributed by atoms with Crippen LogP contribution in [0.25, 0.3) is 22.3 Å². The van der Waals surface area contributed by atoms with E-state index < -0.39 is 16.1 Å². The standard InChI is InChI=1S/C51H66Si2/c1-13-52(14-2,15-3)41-24-19-22-36(32-41)49(37-23-20-25-42(33-37)53(16-4,17-5)18-6)45-27-21-26-44(45)47-35-46-39(34-48(47)51(10,11)12)30-38-31-40(50(7,8)9)28-29-43(38)46/h19-29,31-35H,13-18,30H2,1-12H3. The van der Waals surface area contributed by atoms with Crippen LogP contribution in [0.3, 0.4) is 0 Å². The van der Waals surface area contributed by atoms with Crippen molar-refractivity contribution in [1.82, 2.24) is 0 Å². The molecule has 4 aromatic rings. The third-order valence-corrected chi connectivity index (χ3v) is 24.8. The van der Waals surface area contributed by atoms with E-state index in [9.17, 15) is 0 Å². The van der Waals surface area contributed by atoms with Gasteiger partial charge in [-0.1, -0.05) is 221 Å². The Hall–Kier alpha value is -3.47. The van der Waals surface area contributed by atoms with Crippen molar-refractivity contribution in [2.24, 2.45) is 0 Å². The average molecular weight is 735 g/mol. The molecule has 0 bridgehead atoms. The molecule has 0 saturated heterocycles. The van der Waals surface area contributed by atoms with Crippen LogP contribution in [0.2, 0.25) is 36.3 Å². The third kappa shape index (κ3) is 7.12. The minimum absolute atomic E-state index is 0.00654. The third-order valence-electron chi connectivity index (χ3n) is 13.7. The first-order valence-electron chi connectivity index (χ1n) is 20.9. The molecule has 6 rings (SSSR count). The van der Waals surface area contributed by atoms with Crippen molar-refractivity contribution < 1.29 is 0 Å². The van der Waals surface area contributed by atoms with Gasteiger partial charge in [-0.2, -0.15) is 0 Å². The van der Waals surface area contributed by atoms with Crippen LogP contribution in [0, 0.1) is 0 Å². The summed E-state index contributed by atoms with van der Waals surface area (Å²) < 4.78 is 0. The number of fused-ring (bicyclic) bond motifs is 3. The number of allylic oxidation sites excluding steroid dienone is 5. The van der Waals surface area contributed by atoms with Gasteiger partial charge in [-0.15, -0.1) is 0 Å². The van der Waals surface area contributed by atoms with Crippen molar-refractivity contribution in [3.05, 3.63) is 142 Å². The summed E-state index contributed by atoms with van der Waals surface area (Å²) in [5, 5.41) is 3.23. The number of hydrogen-bond donors (Lipinski definition) is 0. The van der Waals surface area contributed by atoms with Crippen molar-refractivity contribution in [2.45, 2.75) is 137 Å². The van der Waals surface area contributed by atoms with Crippen LogP contribution in [0.1, 0.15) is 122 Å². The van der Waals surface area contributed by atoms with Gasteiger partial charge in [0.2, 0.25) is 0 Å². The maximum Gasteiger partial charge on any atom is 0.0859 e. The Bertz CT molecular complexity index is 2000. The van der Waals surface area contributed by atoms with E-state index in [1.807, 2.05) is 0 Å². The van der Waals surface area contributed by atoms with Crippen LogP contribution in [-0.4, -0.2) is 16.1 Å². The summed E-state index contributed by atoms with van der Waals surface area (Å²) in [5.41, 5.74) is 17.0. The summed E-state index contributed by atoms with van der Waals surface area (Å²) in [6, 6.07) is 39.8. The molecule has 53 heavy (non-hydrogen) atoms. The molecular weight excluding hydrogens is 669 g/mol. The Balaban J connectivity index is 1.62. The van der Waals surface area contributed by atoms with Crippen LogP contribution >= 0.6 is 0 Å². The van der Waals surface area contributed by atoms with E-state index in [0.717, 1.165) is 6.42 Å². The zero-order chi connectivity index (χ0) is 38.3. The predicted molar refractivity (Wildman–Crippen MR) is 242 cm³/mol. The molecule has 2 aliphatic carbocycles. The second-order valence-corrected chi connectivity index (χ2v) is 28.7. The molecule has 2 heteroatoms. The molecule has 2 aliphatic rings. The van der Waals surface area contributed by atoms with Crippen molar-refractivity contribution in [3.8, 4) is 11.1 Å². The Kier molecular flexibility index (Phi) is 11.1. The van der Waals surface area contributed by atoms with Gasteiger partial charge >= 0.3 is 0 Å². The molecule has 0 aliphatic heterocycles. The van der Waals surface area contributed by atoms with Gasteiger partial charge in [-0.3, -0.25) is 0 Å². The summed E-state index contributed by atoms with van der Waals surface area (Å²) in [6.07, 6.45) is 8.15. The van der Waals surface area contributed by atoms with Gasteiger partial charge in [0.15, 0.2) is 0 Å². The molecule has 0 nitrogen and oxygen atoms in total. The van der Waals surface area contributed by atoms with Crippen molar-refractivity contribution in [1.29, 1.82) is 0 Å². The van der Waals surface area contributed by atoms with E-state index in [0.29, 0.717) is 0 Å². The predicted octanol–water partition coefficient (Wildman–Crippen LogP) is 13.7. The summed E-state index contributed by atoms with van der Waals surface area (Å²) in [5.74, 6) is 0. The van der Waals surface area contributed by atoms with E-state index >= 15 is 0 Å². The lowest BCUT2D eigenvalue weighted by Crippen LogP contribution is -2.46. The van der Waals surface area contributed by atoms with Gasteiger partial charge in [0.25, 0.3) is 0 Å². The molecule has 0 fully saturated rings.